The number of fused-ring (bicyclic) bond motifs is 1. The number of amides is 1. The molecule has 5 heterocycles. The molecule has 1 aliphatic rings. The standard InChI is InChI=1S/C25H26N8O2/c1-15(2)30-22-9-24(33-25-19(12-29-33)7-17(10-26)11-28-25)27-13-20(22)23-8-21(31-35-23)18-5-4-6-32(14-18)16(3)34/h7-9,11-13,15,18H,4-6,14H2,1-3H3,(H,27,30)/t18-/m1/s1. The Bertz CT molecular complexity index is 1430. The average Bonchev–Trinajstić information content (AvgIpc) is 3.51. The van der Waals surface area contributed by atoms with Gasteiger partial charge in [-0.05, 0) is 32.8 Å². The summed E-state index contributed by atoms with van der Waals surface area (Å²) in [7, 11) is 0. The molecule has 1 amide bonds. The summed E-state index contributed by atoms with van der Waals surface area (Å²) in [5, 5.41) is 22.1. The van der Waals surface area contributed by atoms with E-state index >= 15 is 0 Å². The van der Waals surface area contributed by atoms with Gasteiger partial charge in [0, 0.05) is 61.9 Å². The number of likely N-dealkylation sites (tertiary alicyclic amines) is 1. The fraction of sp³-hybridized carbons (Fsp3) is 0.360. The Kier molecular flexibility index (Phi) is 5.91. The molecule has 0 bridgehead atoms. The van der Waals surface area contributed by atoms with Crippen LogP contribution in [-0.4, -0.2) is 54.8 Å². The van der Waals surface area contributed by atoms with Crippen LogP contribution in [-0.2, 0) is 4.79 Å². The van der Waals surface area contributed by atoms with E-state index in [-0.39, 0.29) is 17.9 Å². The maximum Gasteiger partial charge on any atom is 0.219 e. The van der Waals surface area contributed by atoms with Crippen LogP contribution in [0.5, 0.6) is 0 Å². The van der Waals surface area contributed by atoms with Gasteiger partial charge in [-0.3, -0.25) is 4.79 Å². The second kappa shape index (κ2) is 9.18. The SMILES string of the molecule is CC(=O)N1CCC[C@@H](c2cc(-c3cnc(-n4ncc5cc(C#N)cnc54)cc3NC(C)C)on2)C1. The highest BCUT2D eigenvalue weighted by Crippen LogP contribution is 2.34. The van der Waals surface area contributed by atoms with Crippen LogP contribution in [0.1, 0.15) is 50.8 Å². The minimum atomic E-state index is 0.0890. The molecule has 35 heavy (non-hydrogen) atoms. The van der Waals surface area contributed by atoms with Gasteiger partial charge in [0.25, 0.3) is 0 Å². The predicted molar refractivity (Wildman–Crippen MR) is 130 cm³/mol. The molecule has 1 fully saturated rings. The summed E-state index contributed by atoms with van der Waals surface area (Å²) in [5.74, 6) is 1.45. The Labute approximate surface area is 202 Å². The summed E-state index contributed by atoms with van der Waals surface area (Å²) < 4.78 is 7.40. The quantitative estimate of drug-likeness (QED) is 0.466. The van der Waals surface area contributed by atoms with Crippen LogP contribution in [0.4, 0.5) is 5.69 Å². The van der Waals surface area contributed by atoms with E-state index in [1.54, 1.807) is 30.1 Å². The van der Waals surface area contributed by atoms with E-state index in [2.05, 4.69) is 45.5 Å². The van der Waals surface area contributed by atoms with Crippen molar-refractivity contribution in [2.45, 2.75) is 45.6 Å². The molecule has 0 saturated carbocycles. The lowest BCUT2D eigenvalue weighted by Crippen LogP contribution is -2.37. The highest BCUT2D eigenvalue weighted by Gasteiger charge is 2.26. The maximum absolute atomic E-state index is 11.8. The van der Waals surface area contributed by atoms with E-state index in [0.717, 1.165) is 41.7 Å². The first-order valence-corrected chi connectivity index (χ1v) is 11.7. The number of nitriles is 1. The normalized spacial score (nSPS) is 16.0. The second-order valence-corrected chi connectivity index (χ2v) is 9.11. The van der Waals surface area contributed by atoms with Gasteiger partial charge in [-0.1, -0.05) is 5.16 Å². The van der Waals surface area contributed by atoms with Crippen molar-refractivity contribution in [2.24, 2.45) is 0 Å². The van der Waals surface area contributed by atoms with Gasteiger partial charge in [0.2, 0.25) is 5.91 Å². The zero-order chi connectivity index (χ0) is 24.5. The lowest BCUT2D eigenvalue weighted by Gasteiger charge is -2.30. The van der Waals surface area contributed by atoms with Crippen molar-refractivity contribution in [1.29, 1.82) is 5.26 Å². The molecular weight excluding hydrogens is 444 g/mol. The molecule has 1 atom stereocenters. The van der Waals surface area contributed by atoms with E-state index < -0.39 is 0 Å². The van der Waals surface area contributed by atoms with Crippen LogP contribution in [0.3, 0.4) is 0 Å². The monoisotopic (exact) mass is 470 g/mol. The number of rotatable bonds is 5. The van der Waals surface area contributed by atoms with Crippen molar-refractivity contribution in [3.63, 3.8) is 0 Å². The third-order valence-electron chi connectivity index (χ3n) is 6.17. The predicted octanol–water partition coefficient (Wildman–Crippen LogP) is 3.89. The lowest BCUT2D eigenvalue weighted by atomic mass is 9.94. The zero-order valence-corrected chi connectivity index (χ0v) is 19.9. The highest BCUT2D eigenvalue weighted by atomic mass is 16.5. The van der Waals surface area contributed by atoms with E-state index in [4.69, 9.17) is 9.78 Å². The van der Waals surface area contributed by atoms with Gasteiger partial charge in [-0.25, -0.2) is 9.97 Å². The molecule has 0 radical (unpaired) electrons. The molecule has 0 unspecified atom stereocenters. The molecule has 0 aromatic carbocycles. The van der Waals surface area contributed by atoms with E-state index in [9.17, 15) is 4.79 Å². The molecule has 4 aromatic heterocycles. The van der Waals surface area contributed by atoms with Crippen molar-refractivity contribution in [1.82, 2.24) is 29.8 Å². The minimum absolute atomic E-state index is 0.0890. The number of carbonyl (C=O) groups excluding carboxylic acids is 1. The first kappa shape index (κ1) is 22.5. The summed E-state index contributed by atoms with van der Waals surface area (Å²) in [5.41, 5.74) is 3.57. The summed E-state index contributed by atoms with van der Waals surface area (Å²) in [4.78, 5) is 22.7. The zero-order valence-electron chi connectivity index (χ0n) is 19.9. The lowest BCUT2D eigenvalue weighted by molar-refractivity contribution is -0.130. The van der Waals surface area contributed by atoms with Gasteiger partial charge in [-0.2, -0.15) is 15.0 Å². The summed E-state index contributed by atoms with van der Waals surface area (Å²) in [6.07, 6.45) is 6.86. The minimum Gasteiger partial charge on any atom is -0.382 e. The Morgan fingerprint density at radius 3 is 2.86 bits per heavy atom. The van der Waals surface area contributed by atoms with Crippen LogP contribution < -0.4 is 5.32 Å². The summed E-state index contributed by atoms with van der Waals surface area (Å²) in [6.45, 7) is 7.17. The summed E-state index contributed by atoms with van der Waals surface area (Å²) >= 11 is 0. The number of aromatic nitrogens is 5. The third-order valence-corrected chi connectivity index (χ3v) is 6.17. The number of hydrogen-bond acceptors (Lipinski definition) is 8. The van der Waals surface area contributed by atoms with Crippen molar-refractivity contribution in [3.8, 4) is 23.2 Å². The smallest absolute Gasteiger partial charge is 0.219 e. The van der Waals surface area contributed by atoms with E-state index in [1.807, 2.05) is 17.0 Å². The van der Waals surface area contributed by atoms with Crippen LogP contribution in [0.15, 0.2) is 41.3 Å². The number of carbonyl (C=O) groups is 1. The molecule has 10 nitrogen and oxygen atoms in total. The van der Waals surface area contributed by atoms with Gasteiger partial charge in [0.1, 0.15) is 6.07 Å². The fourth-order valence-corrected chi connectivity index (χ4v) is 4.45. The third kappa shape index (κ3) is 4.45. The number of nitrogens with zero attached hydrogens (tertiary/aromatic N) is 7. The number of piperidine rings is 1. The number of nitrogens with one attached hydrogen (secondary N) is 1. The molecule has 178 valence electrons. The van der Waals surface area contributed by atoms with Crippen molar-refractivity contribution in [3.05, 3.63) is 48.0 Å². The van der Waals surface area contributed by atoms with Crippen LogP contribution in [0.25, 0.3) is 28.2 Å². The molecule has 0 spiro atoms. The first-order chi connectivity index (χ1) is 16.9. The molecule has 5 rings (SSSR count). The van der Waals surface area contributed by atoms with Gasteiger partial charge in [0.05, 0.1) is 28.7 Å². The molecular formula is C25H26N8O2. The van der Waals surface area contributed by atoms with Crippen molar-refractivity contribution < 1.29 is 9.32 Å². The largest absolute Gasteiger partial charge is 0.382 e. The Hall–Kier alpha value is -4.26. The van der Waals surface area contributed by atoms with E-state index in [1.165, 1.54) is 6.20 Å². The fourth-order valence-electron chi connectivity index (χ4n) is 4.45. The van der Waals surface area contributed by atoms with Gasteiger partial charge in [-0.15, -0.1) is 0 Å². The number of anilines is 1. The highest BCUT2D eigenvalue weighted by molar-refractivity contribution is 5.79. The summed E-state index contributed by atoms with van der Waals surface area (Å²) in [6, 6.07) is 7.87. The Balaban J connectivity index is 1.49. The second-order valence-electron chi connectivity index (χ2n) is 9.11. The van der Waals surface area contributed by atoms with Crippen LogP contribution in [0.2, 0.25) is 0 Å². The van der Waals surface area contributed by atoms with Crippen molar-refractivity contribution >= 4 is 22.6 Å². The maximum atomic E-state index is 11.8. The Morgan fingerprint density at radius 1 is 1.23 bits per heavy atom. The first-order valence-electron chi connectivity index (χ1n) is 11.7. The number of pyridine rings is 2. The number of hydrogen-bond donors (Lipinski definition) is 1. The molecule has 1 N–H and O–H groups in total. The van der Waals surface area contributed by atoms with Gasteiger partial charge in [0.15, 0.2) is 17.2 Å². The van der Waals surface area contributed by atoms with Gasteiger partial charge >= 0.3 is 0 Å². The van der Waals surface area contributed by atoms with Crippen molar-refractivity contribution in [2.75, 3.05) is 18.4 Å². The molecule has 0 aliphatic carbocycles. The molecule has 1 aliphatic heterocycles. The van der Waals surface area contributed by atoms with Gasteiger partial charge < -0.3 is 14.7 Å². The molecule has 10 heteroatoms. The van der Waals surface area contributed by atoms with Crippen LogP contribution >= 0.6 is 0 Å². The van der Waals surface area contributed by atoms with Crippen LogP contribution in [0, 0.1) is 11.3 Å². The average molecular weight is 471 g/mol. The Morgan fingerprint density at radius 2 is 2.09 bits per heavy atom. The van der Waals surface area contributed by atoms with E-state index in [0.29, 0.717) is 29.3 Å². The topological polar surface area (TPSA) is 126 Å². The molecule has 4 aromatic rings. The molecule has 1 saturated heterocycles.